The molecule has 1 saturated heterocycles. The number of benzene rings is 1. The Bertz CT molecular complexity index is 546. The van der Waals surface area contributed by atoms with Gasteiger partial charge in [0.25, 0.3) is 0 Å². The molecule has 2 rings (SSSR count). The summed E-state index contributed by atoms with van der Waals surface area (Å²) >= 11 is 1.24. The maximum atomic E-state index is 12.2. The number of carboxylic acids is 1. The highest BCUT2D eigenvalue weighted by molar-refractivity contribution is 8.00. The first-order chi connectivity index (χ1) is 10.6. The summed E-state index contributed by atoms with van der Waals surface area (Å²) in [6.07, 6.45) is 2.18. The first-order valence-corrected chi connectivity index (χ1v) is 8.43. The summed E-state index contributed by atoms with van der Waals surface area (Å²) in [5.41, 5.74) is 0.629. The molecule has 1 N–H and O–H groups in total. The van der Waals surface area contributed by atoms with Crippen molar-refractivity contribution in [2.45, 2.75) is 25.3 Å². The Hall–Kier alpha value is -1.82. The summed E-state index contributed by atoms with van der Waals surface area (Å²) in [6, 6.07) is 8.22. The summed E-state index contributed by atoms with van der Waals surface area (Å²) in [6.45, 7) is 0.489. The van der Waals surface area contributed by atoms with Crippen LogP contribution in [0.5, 0.6) is 0 Å². The second-order valence-corrected chi connectivity index (χ2v) is 6.20. The molecule has 118 valence electrons. The fraction of sp³-hybridized carbons (Fsp3) is 0.438. The van der Waals surface area contributed by atoms with Crippen molar-refractivity contribution in [3.8, 4) is 0 Å². The number of piperidine rings is 1. The van der Waals surface area contributed by atoms with E-state index in [1.807, 2.05) is 6.07 Å². The van der Waals surface area contributed by atoms with E-state index >= 15 is 0 Å². The molecular formula is C16H19NO4S. The minimum absolute atomic E-state index is 0.0215. The van der Waals surface area contributed by atoms with Crippen LogP contribution in [0.3, 0.4) is 0 Å². The number of nitrogens with zero attached hydrogens (tertiary/aromatic N) is 1. The van der Waals surface area contributed by atoms with Crippen molar-refractivity contribution in [3.05, 3.63) is 35.9 Å². The van der Waals surface area contributed by atoms with Crippen molar-refractivity contribution < 1.29 is 19.5 Å². The lowest BCUT2D eigenvalue weighted by molar-refractivity contribution is -0.150. The molecule has 1 aromatic rings. The van der Waals surface area contributed by atoms with Crippen LogP contribution in [0.1, 0.15) is 29.6 Å². The Morgan fingerprint density at radius 2 is 1.86 bits per heavy atom. The molecule has 5 nitrogen and oxygen atoms in total. The van der Waals surface area contributed by atoms with Crippen LogP contribution in [0, 0.1) is 0 Å². The Morgan fingerprint density at radius 3 is 2.55 bits per heavy atom. The third-order valence-electron chi connectivity index (χ3n) is 3.66. The lowest BCUT2D eigenvalue weighted by Gasteiger charge is -2.32. The predicted molar refractivity (Wildman–Crippen MR) is 85.1 cm³/mol. The zero-order valence-corrected chi connectivity index (χ0v) is 13.1. The van der Waals surface area contributed by atoms with Gasteiger partial charge in [0.1, 0.15) is 6.04 Å². The van der Waals surface area contributed by atoms with Gasteiger partial charge in [0.05, 0.1) is 11.5 Å². The standard InChI is InChI=1S/C16H19NO4S/c18-14(12-6-2-1-3-7-12)10-22-11-15(19)17-9-5-4-8-13(17)16(20)21/h1-3,6-7,13H,4-5,8-11H2,(H,20,21). The van der Waals surface area contributed by atoms with Crippen LogP contribution < -0.4 is 0 Å². The molecule has 1 aliphatic rings. The maximum Gasteiger partial charge on any atom is 0.326 e. The average molecular weight is 321 g/mol. The zero-order chi connectivity index (χ0) is 15.9. The largest absolute Gasteiger partial charge is 0.480 e. The monoisotopic (exact) mass is 321 g/mol. The van der Waals surface area contributed by atoms with Crippen molar-refractivity contribution in [1.29, 1.82) is 0 Å². The van der Waals surface area contributed by atoms with Gasteiger partial charge in [0, 0.05) is 12.1 Å². The summed E-state index contributed by atoms with van der Waals surface area (Å²) in [5, 5.41) is 9.17. The Labute approximate surface area is 133 Å². The van der Waals surface area contributed by atoms with Gasteiger partial charge in [0.15, 0.2) is 5.78 Å². The molecule has 0 bridgehead atoms. The minimum atomic E-state index is -0.946. The normalized spacial score (nSPS) is 18.0. The SMILES string of the molecule is O=C(CSCC(=O)N1CCCCC1C(=O)O)c1ccccc1. The molecule has 1 aromatic carbocycles. The van der Waals surface area contributed by atoms with E-state index in [0.717, 1.165) is 12.8 Å². The molecule has 1 amide bonds. The van der Waals surface area contributed by atoms with E-state index in [0.29, 0.717) is 18.5 Å². The number of carboxylic acid groups (broad SMARTS) is 1. The number of ketones is 1. The van der Waals surface area contributed by atoms with Crippen molar-refractivity contribution in [2.24, 2.45) is 0 Å². The van der Waals surface area contributed by atoms with Gasteiger partial charge in [-0.15, -0.1) is 11.8 Å². The smallest absolute Gasteiger partial charge is 0.326 e. The van der Waals surface area contributed by atoms with E-state index in [-0.39, 0.29) is 23.2 Å². The molecule has 22 heavy (non-hydrogen) atoms. The predicted octanol–water partition coefficient (Wildman–Crippen LogP) is 2.07. The van der Waals surface area contributed by atoms with Gasteiger partial charge in [0.2, 0.25) is 5.91 Å². The maximum absolute atomic E-state index is 12.2. The lowest BCUT2D eigenvalue weighted by atomic mass is 10.0. The van der Waals surface area contributed by atoms with Crippen LogP contribution in [-0.2, 0) is 9.59 Å². The molecule has 0 aromatic heterocycles. The number of hydrogen-bond donors (Lipinski definition) is 1. The van der Waals surface area contributed by atoms with E-state index in [1.165, 1.54) is 16.7 Å². The number of carbonyl (C=O) groups excluding carboxylic acids is 2. The highest BCUT2D eigenvalue weighted by Crippen LogP contribution is 2.19. The van der Waals surface area contributed by atoms with Crippen LogP contribution in [0.2, 0.25) is 0 Å². The number of Topliss-reactive ketones (excluding diaryl/α,β-unsaturated/α-hetero) is 1. The van der Waals surface area contributed by atoms with Crippen molar-refractivity contribution in [3.63, 3.8) is 0 Å². The molecule has 1 fully saturated rings. The number of hydrogen-bond acceptors (Lipinski definition) is 4. The molecule has 0 radical (unpaired) electrons. The Balaban J connectivity index is 1.82. The molecule has 1 aliphatic heterocycles. The molecule has 0 aliphatic carbocycles. The zero-order valence-electron chi connectivity index (χ0n) is 12.2. The summed E-state index contributed by atoms with van der Waals surface area (Å²) in [4.78, 5) is 36.7. The van der Waals surface area contributed by atoms with Crippen LogP contribution in [-0.4, -0.2) is 51.8 Å². The fourth-order valence-corrected chi connectivity index (χ4v) is 3.30. The van der Waals surface area contributed by atoms with E-state index in [1.54, 1.807) is 24.3 Å². The average Bonchev–Trinajstić information content (AvgIpc) is 2.55. The molecule has 0 saturated carbocycles. The number of aliphatic carboxylic acids is 1. The third kappa shape index (κ3) is 4.34. The number of carbonyl (C=O) groups is 3. The van der Waals surface area contributed by atoms with E-state index in [9.17, 15) is 14.4 Å². The van der Waals surface area contributed by atoms with E-state index in [4.69, 9.17) is 5.11 Å². The number of thioether (sulfide) groups is 1. The van der Waals surface area contributed by atoms with Crippen LogP contribution in [0.15, 0.2) is 30.3 Å². The van der Waals surface area contributed by atoms with Crippen LogP contribution >= 0.6 is 11.8 Å². The topological polar surface area (TPSA) is 74.7 Å². The van der Waals surface area contributed by atoms with Gasteiger partial charge in [-0.3, -0.25) is 9.59 Å². The van der Waals surface area contributed by atoms with Crippen molar-refractivity contribution in [1.82, 2.24) is 4.90 Å². The highest BCUT2D eigenvalue weighted by Gasteiger charge is 2.31. The number of likely N-dealkylation sites (tertiary alicyclic amines) is 1. The fourth-order valence-electron chi connectivity index (χ4n) is 2.51. The molecular weight excluding hydrogens is 302 g/mol. The first kappa shape index (κ1) is 16.5. The summed E-state index contributed by atoms with van der Waals surface area (Å²) < 4.78 is 0. The second-order valence-electron chi connectivity index (χ2n) is 5.22. The first-order valence-electron chi connectivity index (χ1n) is 7.28. The summed E-state index contributed by atoms with van der Waals surface area (Å²) in [7, 11) is 0. The quantitative estimate of drug-likeness (QED) is 0.812. The van der Waals surface area contributed by atoms with E-state index in [2.05, 4.69) is 0 Å². The van der Waals surface area contributed by atoms with E-state index < -0.39 is 12.0 Å². The molecule has 0 spiro atoms. The minimum Gasteiger partial charge on any atom is -0.480 e. The van der Waals surface area contributed by atoms with Gasteiger partial charge >= 0.3 is 5.97 Å². The van der Waals surface area contributed by atoms with Crippen molar-refractivity contribution in [2.75, 3.05) is 18.1 Å². The highest BCUT2D eigenvalue weighted by atomic mass is 32.2. The van der Waals surface area contributed by atoms with Gasteiger partial charge in [-0.1, -0.05) is 30.3 Å². The Kier molecular flexibility index (Phi) is 6.00. The summed E-state index contributed by atoms with van der Waals surface area (Å²) in [5.74, 6) is -0.799. The van der Waals surface area contributed by atoms with Crippen LogP contribution in [0.25, 0.3) is 0 Å². The van der Waals surface area contributed by atoms with Gasteiger partial charge < -0.3 is 10.0 Å². The van der Waals surface area contributed by atoms with Gasteiger partial charge in [-0.25, -0.2) is 4.79 Å². The second kappa shape index (κ2) is 7.98. The molecule has 1 heterocycles. The van der Waals surface area contributed by atoms with Gasteiger partial charge in [-0.05, 0) is 19.3 Å². The number of amides is 1. The van der Waals surface area contributed by atoms with Gasteiger partial charge in [-0.2, -0.15) is 0 Å². The number of rotatable bonds is 6. The third-order valence-corrected chi connectivity index (χ3v) is 4.58. The molecule has 6 heteroatoms. The molecule has 1 unspecified atom stereocenters. The lowest BCUT2D eigenvalue weighted by Crippen LogP contribution is -2.48. The molecule has 1 atom stereocenters. The van der Waals surface area contributed by atoms with Crippen LogP contribution in [0.4, 0.5) is 0 Å². The Morgan fingerprint density at radius 1 is 1.14 bits per heavy atom. The van der Waals surface area contributed by atoms with Crippen molar-refractivity contribution >= 4 is 29.4 Å².